The van der Waals surface area contributed by atoms with E-state index in [9.17, 15) is 4.39 Å². The highest BCUT2D eigenvalue weighted by molar-refractivity contribution is 9.10. The molecule has 106 valence electrons. The van der Waals surface area contributed by atoms with E-state index in [0.717, 1.165) is 20.1 Å². The molecular weight excluding hydrogens is 361 g/mol. The van der Waals surface area contributed by atoms with Crippen LogP contribution in [0.15, 0.2) is 51.8 Å². The van der Waals surface area contributed by atoms with Crippen LogP contribution in [0.3, 0.4) is 0 Å². The first-order valence-electron chi connectivity index (χ1n) is 6.12. The van der Waals surface area contributed by atoms with Gasteiger partial charge in [0.25, 0.3) is 0 Å². The lowest BCUT2D eigenvalue weighted by Crippen LogP contribution is -2.26. The molecule has 0 bridgehead atoms. The Bertz CT molecular complexity index is 577. The van der Waals surface area contributed by atoms with Crippen LogP contribution >= 0.6 is 39.3 Å². The number of hydrogen-bond acceptors (Lipinski definition) is 2. The fraction of sp³-hybridized carbons (Fsp3) is 0.200. The van der Waals surface area contributed by atoms with Crippen molar-refractivity contribution >= 4 is 39.3 Å². The lowest BCUT2D eigenvalue weighted by Gasteiger charge is -2.12. The van der Waals surface area contributed by atoms with Gasteiger partial charge in [-0.2, -0.15) is 0 Å². The number of benzene rings is 2. The van der Waals surface area contributed by atoms with Crippen molar-refractivity contribution in [2.45, 2.75) is 17.4 Å². The van der Waals surface area contributed by atoms with Gasteiger partial charge in [0, 0.05) is 26.2 Å². The second kappa shape index (κ2) is 7.46. The zero-order valence-electron chi connectivity index (χ0n) is 10.7. The van der Waals surface area contributed by atoms with Crippen LogP contribution in [-0.2, 0) is 6.42 Å². The summed E-state index contributed by atoms with van der Waals surface area (Å²) in [7, 11) is 0. The van der Waals surface area contributed by atoms with Gasteiger partial charge in [-0.05, 0) is 54.4 Å². The van der Waals surface area contributed by atoms with Crippen molar-refractivity contribution in [3.63, 3.8) is 0 Å². The third-order valence-electron chi connectivity index (χ3n) is 2.77. The molecule has 0 aliphatic heterocycles. The normalized spacial score (nSPS) is 12.4. The SMILES string of the molecule is NC(CSc1ccc(Cl)cc1)Cc1cc(Br)ccc1F. The number of halogens is 3. The van der Waals surface area contributed by atoms with Crippen LogP contribution in [0.5, 0.6) is 0 Å². The van der Waals surface area contributed by atoms with E-state index in [-0.39, 0.29) is 11.9 Å². The molecule has 0 spiro atoms. The maximum atomic E-state index is 13.6. The summed E-state index contributed by atoms with van der Waals surface area (Å²) in [5.74, 6) is 0.522. The standard InChI is InChI=1S/C15H14BrClFNS/c16-11-1-6-15(18)10(7-11)8-13(19)9-20-14-4-2-12(17)3-5-14/h1-7,13H,8-9,19H2. The number of thioether (sulfide) groups is 1. The van der Waals surface area contributed by atoms with Crippen molar-refractivity contribution < 1.29 is 4.39 Å². The van der Waals surface area contributed by atoms with Gasteiger partial charge in [-0.25, -0.2) is 4.39 Å². The monoisotopic (exact) mass is 373 g/mol. The van der Waals surface area contributed by atoms with E-state index in [4.69, 9.17) is 17.3 Å². The van der Waals surface area contributed by atoms with Gasteiger partial charge in [-0.3, -0.25) is 0 Å². The molecule has 0 amide bonds. The first-order valence-corrected chi connectivity index (χ1v) is 8.28. The van der Waals surface area contributed by atoms with Crippen LogP contribution in [0, 0.1) is 5.82 Å². The fourth-order valence-corrected chi connectivity index (χ4v) is 3.16. The Kier molecular flexibility index (Phi) is 5.90. The summed E-state index contributed by atoms with van der Waals surface area (Å²) in [6.45, 7) is 0. The van der Waals surface area contributed by atoms with Gasteiger partial charge in [0.05, 0.1) is 0 Å². The average Bonchev–Trinajstić information content (AvgIpc) is 2.42. The number of hydrogen-bond donors (Lipinski definition) is 1. The van der Waals surface area contributed by atoms with E-state index in [2.05, 4.69) is 15.9 Å². The zero-order chi connectivity index (χ0) is 14.5. The third-order valence-corrected chi connectivity index (χ3v) is 4.71. The Balaban J connectivity index is 1.90. The van der Waals surface area contributed by atoms with Crippen LogP contribution in [0.2, 0.25) is 5.02 Å². The zero-order valence-corrected chi connectivity index (χ0v) is 13.8. The summed E-state index contributed by atoms with van der Waals surface area (Å²) in [4.78, 5) is 1.11. The molecule has 1 atom stereocenters. The molecule has 1 nitrogen and oxygen atoms in total. The van der Waals surface area contributed by atoms with Gasteiger partial charge in [0.2, 0.25) is 0 Å². The molecule has 5 heteroatoms. The Labute approximate surface area is 135 Å². The van der Waals surface area contributed by atoms with Crippen LogP contribution in [0.4, 0.5) is 4.39 Å². The topological polar surface area (TPSA) is 26.0 Å². The van der Waals surface area contributed by atoms with Crippen molar-refractivity contribution in [2.24, 2.45) is 5.73 Å². The highest BCUT2D eigenvalue weighted by Gasteiger charge is 2.09. The second-order valence-electron chi connectivity index (χ2n) is 4.46. The number of nitrogens with two attached hydrogens (primary N) is 1. The minimum Gasteiger partial charge on any atom is -0.327 e. The summed E-state index contributed by atoms with van der Waals surface area (Å²) >= 11 is 10.8. The van der Waals surface area contributed by atoms with Gasteiger partial charge in [0.1, 0.15) is 5.82 Å². The molecule has 0 saturated carbocycles. The minimum absolute atomic E-state index is 0.0977. The predicted molar refractivity (Wildman–Crippen MR) is 88.0 cm³/mol. The first kappa shape index (κ1) is 15.8. The Morgan fingerprint density at radius 3 is 2.60 bits per heavy atom. The molecule has 2 rings (SSSR count). The Morgan fingerprint density at radius 1 is 1.20 bits per heavy atom. The average molecular weight is 375 g/mol. The summed E-state index contributed by atoms with van der Waals surface area (Å²) in [6, 6.07) is 12.4. The van der Waals surface area contributed by atoms with E-state index < -0.39 is 0 Å². The maximum Gasteiger partial charge on any atom is 0.126 e. The van der Waals surface area contributed by atoms with E-state index >= 15 is 0 Å². The molecule has 0 aliphatic rings. The van der Waals surface area contributed by atoms with Gasteiger partial charge < -0.3 is 5.73 Å². The highest BCUT2D eigenvalue weighted by atomic mass is 79.9. The molecule has 2 aromatic rings. The molecule has 0 saturated heterocycles. The fourth-order valence-electron chi connectivity index (χ4n) is 1.78. The van der Waals surface area contributed by atoms with Crippen LogP contribution in [-0.4, -0.2) is 11.8 Å². The van der Waals surface area contributed by atoms with Gasteiger partial charge in [-0.15, -0.1) is 11.8 Å². The molecule has 0 heterocycles. The van der Waals surface area contributed by atoms with Crippen molar-refractivity contribution in [3.8, 4) is 0 Å². The number of rotatable bonds is 5. The lowest BCUT2D eigenvalue weighted by atomic mass is 10.1. The summed E-state index contributed by atoms with van der Waals surface area (Å²) in [5, 5.41) is 0.717. The third kappa shape index (κ3) is 4.77. The smallest absolute Gasteiger partial charge is 0.126 e. The van der Waals surface area contributed by atoms with Gasteiger partial charge >= 0.3 is 0 Å². The highest BCUT2D eigenvalue weighted by Crippen LogP contribution is 2.22. The molecule has 20 heavy (non-hydrogen) atoms. The van der Waals surface area contributed by atoms with E-state index in [1.54, 1.807) is 23.9 Å². The van der Waals surface area contributed by atoms with E-state index in [1.165, 1.54) is 6.07 Å². The van der Waals surface area contributed by atoms with Gasteiger partial charge in [-0.1, -0.05) is 27.5 Å². The molecule has 2 N–H and O–H groups in total. The quantitative estimate of drug-likeness (QED) is 0.753. The van der Waals surface area contributed by atoms with Crippen LogP contribution in [0.1, 0.15) is 5.56 Å². The Morgan fingerprint density at radius 2 is 1.90 bits per heavy atom. The van der Waals surface area contributed by atoms with E-state index in [0.29, 0.717) is 12.0 Å². The second-order valence-corrected chi connectivity index (χ2v) is 6.91. The van der Waals surface area contributed by atoms with Crippen LogP contribution in [0.25, 0.3) is 0 Å². The van der Waals surface area contributed by atoms with E-state index in [1.807, 2.05) is 24.3 Å². The molecule has 0 fully saturated rings. The van der Waals surface area contributed by atoms with Crippen molar-refractivity contribution in [3.05, 3.63) is 63.3 Å². The largest absolute Gasteiger partial charge is 0.327 e. The molecule has 1 unspecified atom stereocenters. The molecular formula is C15H14BrClFNS. The van der Waals surface area contributed by atoms with Crippen molar-refractivity contribution in [1.29, 1.82) is 0 Å². The van der Waals surface area contributed by atoms with Crippen molar-refractivity contribution in [1.82, 2.24) is 0 Å². The molecule has 2 aromatic carbocycles. The van der Waals surface area contributed by atoms with Crippen molar-refractivity contribution in [2.75, 3.05) is 5.75 Å². The van der Waals surface area contributed by atoms with Crippen LogP contribution < -0.4 is 5.73 Å². The molecule has 0 aliphatic carbocycles. The summed E-state index contributed by atoms with van der Waals surface area (Å²) < 4.78 is 14.5. The first-order chi connectivity index (χ1) is 9.54. The molecule has 0 aromatic heterocycles. The minimum atomic E-state index is -0.208. The summed E-state index contributed by atoms with van der Waals surface area (Å²) in [5.41, 5.74) is 6.72. The Hall–Kier alpha value is -0.550. The predicted octanol–water partition coefficient (Wildman–Crippen LogP) is 4.90. The summed E-state index contributed by atoms with van der Waals surface area (Å²) in [6.07, 6.45) is 0.520. The molecule has 0 radical (unpaired) electrons. The lowest BCUT2D eigenvalue weighted by molar-refractivity contribution is 0.597. The maximum absolute atomic E-state index is 13.6. The van der Waals surface area contributed by atoms with Gasteiger partial charge in [0.15, 0.2) is 0 Å².